The Bertz CT molecular complexity index is 317. The van der Waals surface area contributed by atoms with Crippen LogP contribution >= 0.6 is 0 Å². The predicted molar refractivity (Wildman–Crippen MR) is 74.0 cm³/mol. The Morgan fingerprint density at radius 2 is 1.89 bits per heavy atom. The number of nitrogens with zero attached hydrogens (tertiary/aromatic N) is 1. The van der Waals surface area contributed by atoms with Crippen LogP contribution in [-0.2, 0) is 27.4 Å². The molecule has 5 heteroatoms. The molecular weight excluding hydrogens is 244 g/mol. The first-order chi connectivity index (χ1) is 9.36. The normalized spacial score (nSPS) is 10.8. The summed E-state index contributed by atoms with van der Waals surface area (Å²) in [5, 5.41) is 3.26. The van der Waals surface area contributed by atoms with Crippen molar-refractivity contribution in [3.63, 3.8) is 0 Å². The van der Waals surface area contributed by atoms with E-state index in [1.54, 1.807) is 7.11 Å². The molecule has 0 aromatic carbocycles. The molecule has 5 nitrogen and oxygen atoms in total. The summed E-state index contributed by atoms with van der Waals surface area (Å²) < 4.78 is 15.6. The van der Waals surface area contributed by atoms with Crippen molar-refractivity contribution in [1.29, 1.82) is 0 Å². The fraction of sp³-hybridized carbons (Fsp3) is 0.643. The molecule has 0 atom stereocenters. The first-order valence-electron chi connectivity index (χ1n) is 6.65. The van der Waals surface area contributed by atoms with Gasteiger partial charge >= 0.3 is 0 Å². The number of hydrogen-bond acceptors (Lipinski definition) is 5. The molecule has 1 heterocycles. The van der Waals surface area contributed by atoms with Crippen LogP contribution < -0.4 is 5.32 Å². The van der Waals surface area contributed by atoms with Crippen LogP contribution in [-0.4, -0.2) is 45.1 Å². The van der Waals surface area contributed by atoms with Crippen molar-refractivity contribution in [3.05, 3.63) is 29.6 Å². The van der Waals surface area contributed by atoms with E-state index in [2.05, 4.69) is 23.3 Å². The van der Waals surface area contributed by atoms with Gasteiger partial charge in [0.2, 0.25) is 0 Å². The zero-order valence-electron chi connectivity index (χ0n) is 11.9. The van der Waals surface area contributed by atoms with E-state index in [0.29, 0.717) is 33.0 Å². The van der Waals surface area contributed by atoms with Crippen LogP contribution in [0.15, 0.2) is 18.3 Å². The summed E-state index contributed by atoms with van der Waals surface area (Å²) in [7, 11) is 1.66. The smallest absolute Gasteiger partial charge is 0.0889 e. The lowest BCUT2D eigenvalue weighted by atomic mass is 10.2. The van der Waals surface area contributed by atoms with Gasteiger partial charge in [-0.1, -0.05) is 13.0 Å². The van der Waals surface area contributed by atoms with Crippen LogP contribution in [0.25, 0.3) is 0 Å². The standard InChI is InChI=1S/C14H24N2O3/c1-3-15-10-13-4-5-14(16-11-13)12-19-9-8-18-7-6-17-2/h4-5,11,15H,3,6-10,12H2,1-2H3. The Kier molecular flexibility index (Phi) is 9.18. The van der Waals surface area contributed by atoms with Crippen LogP contribution in [0.2, 0.25) is 0 Å². The monoisotopic (exact) mass is 268 g/mol. The molecule has 108 valence electrons. The molecule has 0 amide bonds. The number of hydrogen-bond donors (Lipinski definition) is 1. The molecule has 0 saturated carbocycles. The number of aromatic nitrogens is 1. The second kappa shape index (κ2) is 10.9. The molecule has 0 aliphatic carbocycles. The molecule has 0 bridgehead atoms. The first-order valence-corrected chi connectivity index (χ1v) is 6.65. The maximum Gasteiger partial charge on any atom is 0.0889 e. The molecule has 0 aliphatic heterocycles. The Balaban J connectivity index is 2.09. The van der Waals surface area contributed by atoms with Crippen molar-refractivity contribution >= 4 is 0 Å². The van der Waals surface area contributed by atoms with E-state index >= 15 is 0 Å². The first kappa shape index (κ1) is 16.0. The van der Waals surface area contributed by atoms with Gasteiger partial charge in [-0.3, -0.25) is 4.98 Å². The van der Waals surface area contributed by atoms with Gasteiger partial charge < -0.3 is 19.5 Å². The molecule has 1 rings (SSSR count). The highest BCUT2D eigenvalue weighted by molar-refractivity contribution is 5.13. The van der Waals surface area contributed by atoms with Gasteiger partial charge in [-0.25, -0.2) is 0 Å². The van der Waals surface area contributed by atoms with Crippen molar-refractivity contribution in [2.24, 2.45) is 0 Å². The second-order valence-corrected chi connectivity index (χ2v) is 4.10. The Hall–Kier alpha value is -1.01. The molecule has 1 aromatic rings. The summed E-state index contributed by atoms with van der Waals surface area (Å²) in [6.45, 7) is 6.82. The summed E-state index contributed by atoms with van der Waals surface area (Å²) >= 11 is 0. The average Bonchev–Trinajstić information content (AvgIpc) is 2.45. The van der Waals surface area contributed by atoms with E-state index in [1.807, 2.05) is 12.3 Å². The van der Waals surface area contributed by atoms with Gasteiger partial charge in [0.1, 0.15) is 0 Å². The third kappa shape index (κ3) is 7.89. The molecule has 19 heavy (non-hydrogen) atoms. The van der Waals surface area contributed by atoms with Gasteiger partial charge in [0.25, 0.3) is 0 Å². The van der Waals surface area contributed by atoms with E-state index in [0.717, 1.165) is 18.8 Å². The van der Waals surface area contributed by atoms with Crippen LogP contribution in [0.3, 0.4) is 0 Å². The minimum atomic E-state index is 0.523. The van der Waals surface area contributed by atoms with Crippen LogP contribution in [0.1, 0.15) is 18.2 Å². The van der Waals surface area contributed by atoms with Crippen molar-refractivity contribution in [1.82, 2.24) is 10.3 Å². The van der Waals surface area contributed by atoms with Crippen molar-refractivity contribution in [3.8, 4) is 0 Å². The molecule has 0 fully saturated rings. The molecule has 0 unspecified atom stereocenters. The van der Waals surface area contributed by atoms with Crippen molar-refractivity contribution in [2.75, 3.05) is 40.1 Å². The number of nitrogens with one attached hydrogen (secondary N) is 1. The molecule has 0 saturated heterocycles. The van der Waals surface area contributed by atoms with Gasteiger partial charge in [0.05, 0.1) is 38.7 Å². The lowest BCUT2D eigenvalue weighted by Crippen LogP contribution is -2.12. The third-order valence-electron chi connectivity index (χ3n) is 2.52. The lowest BCUT2D eigenvalue weighted by Gasteiger charge is -2.06. The molecule has 1 N–H and O–H groups in total. The third-order valence-corrected chi connectivity index (χ3v) is 2.52. The SMILES string of the molecule is CCNCc1ccc(COCCOCCOC)nc1. The van der Waals surface area contributed by atoms with Crippen LogP contribution in [0.5, 0.6) is 0 Å². The minimum absolute atomic E-state index is 0.523. The fourth-order valence-corrected chi connectivity index (χ4v) is 1.45. The van der Waals surface area contributed by atoms with Gasteiger partial charge in [-0.05, 0) is 18.2 Å². The van der Waals surface area contributed by atoms with Gasteiger partial charge in [0, 0.05) is 19.9 Å². The number of methoxy groups -OCH3 is 1. The Morgan fingerprint density at radius 3 is 2.58 bits per heavy atom. The van der Waals surface area contributed by atoms with E-state index in [-0.39, 0.29) is 0 Å². The molecule has 0 spiro atoms. The van der Waals surface area contributed by atoms with Gasteiger partial charge in [0.15, 0.2) is 0 Å². The topological polar surface area (TPSA) is 52.6 Å². The van der Waals surface area contributed by atoms with E-state index in [1.165, 1.54) is 5.56 Å². The van der Waals surface area contributed by atoms with Crippen molar-refractivity contribution in [2.45, 2.75) is 20.1 Å². The second-order valence-electron chi connectivity index (χ2n) is 4.10. The van der Waals surface area contributed by atoms with Crippen molar-refractivity contribution < 1.29 is 14.2 Å². The molecule has 1 aromatic heterocycles. The van der Waals surface area contributed by atoms with Gasteiger partial charge in [-0.2, -0.15) is 0 Å². The predicted octanol–water partition coefficient (Wildman–Crippen LogP) is 1.37. The molecule has 0 radical (unpaired) electrons. The quantitative estimate of drug-likeness (QED) is 0.614. The highest BCUT2D eigenvalue weighted by Gasteiger charge is 1.97. The summed E-state index contributed by atoms with van der Waals surface area (Å²) in [5.41, 5.74) is 2.13. The maximum absolute atomic E-state index is 5.48. The largest absolute Gasteiger partial charge is 0.382 e. The zero-order chi connectivity index (χ0) is 13.8. The fourth-order valence-electron chi connectivity index (χ4n) is 1.45. The lowest BCUT2D eigenvalue weighted by molar-refractivity contribution is 0.0192. The zero-order valence-corrected chi connectivity index (χ0v) is 11.9. The van der Waals surface area contributed by atoms with E-state index in [4.69, 9.17) is 14.2 Å². The highest BCUT2D eigenvalue weighted by Crippen LogP contribution is 2.01. The Morgan fingerprint density at radius 1 is 1.11 bits per heavy atom. The summed E-state index contributed by atoms with van der Waals surface area (Å²) in [6.07, 6.45) is 1.89. The molecule has 0 aliphatic rings. The minimum Gasteiger partial charge on any atom is -0.382 e. The number of pyridine rings is 1. The van der Waals surface area contributed by atoms with E-state index in [9.17, 15) is 0 Å². The van der Waals surface area contributed by atoms with Gasteiger partial charge in [-0.15, -0.1) is 0 Å². The summed E-state index contributed by atoms with van der Waals surface area (Å²) in [6, 6.07) is 4.07. The average molecular weight is 268 g/mol. The molecular formula is C14H24N2O3. The summed E-state index contributed by atoms with van der Waals surface area (Å²) in [4.78, 5) is 4.35. The maximum atomic E-state index is 5.48. The Labute approximate surface area is 115 Å². The summed E-state index contributed by atoms with van der Waals surface area (Å²) in [5.74, 6) is 0. The number of rotatable bonds is 11. The highest BCUT2D eigenvalue weighted by atomic mass is 16.5. The van der Waals surface area contributed by atoms with Crippen LogP contribution in [0, 0.1) is 0 Å². The van der Waals surface area contributed by atoms with E-state index < -0.39 is 0 Å². The number of ether oxygens (including phenoxy) is 3. The van der Waals surface area contributed by atoms with Crippen LogP contribution in [0.4, 0.5) is 0 Å².